The Bertz CT molecular complexity index is 610. The highest BCUT2D eigenvalue weighted by Crippen LogP contribution is 2.25. The fourth-order valence-corrected chi connectivity index (χ4v) is 3.37. The van der Waals surface area contributed by atoms with Gasteiger partial charge < -0.3 is 10.6 Å². The Labute approximate surface area is 125 Å². The number of para-hydroxylation sites is 1. The van der Waals surface area contributed by atoms with Crippen molar-refractivity contribution < 1.29 is 13.2 Å². The molecule has 0 heterocycles. The fourth-order valence-electron chi connectivity index (χ4n) is 1.88. The third-order valence-corrected chi connectivity index (χ3v) is 4.54. The quantitative estimate of drug-likeness (QED) is 0.703. The van der Waals surface area contributed by atoms with Crippen molar-refractivity contribution in [1.29, 1.82) is 0 Å². The lowest BCUT2D eigenvalue weighted by atomic mass is 10.3. The summed E-state index contributed by atoms with van der Waals surface area (Å²) < 4.78 is 27.2. The number of carbonyl (C=O) groups excluding carboxylic acids is 1. The predicted octanol–water partition coefficient (Wildman–Crippen LogP) is 1.06. The summed E-state index contributed by atoms with van der Waals surface area (Å²) in [5.74, 6) is -0.174. The molecular weight excluding hydrogens is 290 g/mol. The van der Waals surface area contributed by atoms with E-state index in [1.54, 1.807) is 18.2 Å². The average Bonchev–Trinajstić information content (AvgIpc) is 3.19. The van der Waals surface area contributed by atoms with Gasteiger partial charge in [0, 0.05) is 12.1 Å². The Morgan fingerprint density at radius 3 is 2.57 bits per heavy atom. The van der Waals surface area contributed by atoms with Gasteiger partial charge in [-0.2, -0.15) is 0 Å². The van der Waals surface area contributed by atoms with Crippen LogP contribution in [0.4, 0.5) is 5.69 Å². The first-order valence-corrected chi connectivity index (χ1v) is 8.51. The number of amides is 1. The van der Waals surface area contributed by atoms with Crippen molar-refractivity contribution in [2.45, 2.75) is 43.7 Å². The molecule has 1 amide bonds. The topological polar surface area (TPSA) is 87.3 Å². The largest absolute Gasteiger partial charge is 0.375 e. The molecule has 0 atom stereocenters. The Balaban J connectivity index is 2.08. The fraction of sp³-hybridized carbons (Fsp3) is 0.500. The molecule has 3 N–H and O–H groups in total. The van der Waals surface area contributed by atoms with Crippen LogP contribution in [0, 0.1) is 0 Å². The molecular formula is C14H21N3O3S. The number of carbonyl (C=O) groups is 1. The molecule has 0 aliphatic heterocycles. The smallest absolute Gasteiger partial charge is 0.242 e. The molecule has 0 bridgehead atoms. The summed E-state index contributed by atoms with van der Waals surface area (Å²) in [5.41, 5.74) is 0.435. The van der Waals surface area contributed by atoms with Crippen LogP contribution < -0.4 is 15.4 Å². The minimum Gasteiger partial charge on any atom is -0.375 e. The highest BCUT2D eigenvalue weighted by atomic mass is 32.2. The molecule has 2 rings (SSSR count). The summed E-state index contributed by atoms with van der Waals surface area (Å²) in [6.45, 7) is 3.78. The van der Waals surface area contributed by atoms with E-state index in [9.17, 15) is 13.2 Å². The molecule has 1 aliphatic carbocycles. The van der Waals surface area contributed by atoms with E-state index in [0.717, 1.165) is 12.8 Å². The number of hydrogen-bond donors (Lipinski definition) is 3. The zero-order chi connectivity index (χ0) is 15.5. The van der Waals surface area contributed by atoms with Gasteiger partial charge in [-0.15, -0.1) is 0 Å². The molecule has 116 valence electrons. The minimum atomic E-state index is -3.54. The lowest BCUT2D eigenvalue weighted by molar-refractivity contribution is -0.119. The van der Waals surface area contributed by atoms with E-state index in [-0.39, 0.29) is 29.4 Å². The predicted molar refractivity (Wildman–Crippen MR) is 81.6 cm³/mol. The molecule has 21 heavy (non-hydrogen) atoms. The molecule has 1 aromatic carbocycles. The van der Waals surface area contributed by atoms with Gasteiger partial charge in [-0.1, -0.05) is 12.1 Å². The molecule has 0 unspecified atom stereocenters. The number of sulfonamides is 1. The monoisotopic (exact) mass is 311 g/mol. The van der Waals surface area contributed by atoms with Crippen molar-refractivity contribution in [3.05, 3.63) is 24.3 Å². The third-order valence-electron chi connectivity index (χ3n) is 2.96. The second-order valence-corrected chi connectivity index (χ2v) is 7.15. The lowest BCUT2D eigenvalue weighted by Crippen LogP contribution is -2.35. The third kappa shape index (κ3) is 4.71. The summed E-state index contributed by atoms with van der Waals surface area (Å²) in [6.07, 6.45) is 1.76. The molecule has 1 aromatic rings. The van der Waals surface area contributed by atoms with Crippen molar-refractivity contribution in [2.75, 3.05) is 11.9 Å². The van der Waals surface area contributed by atoms with Crippen molar-refractivity contribution in [3.8, 4) is 0 Å². The molecule has 6 nitrogen and oxygen atoms in total. The first-order chi connectivity index (χ1) is 9.88. The second kappa shape index (κ2) is 6.44. The van der Waals surface area contributed by atoms with Gasteiger partial charge in [0.15, 0.2) is 0 Å². The van der Waals surface area contributed by atoms with E-state index >= 15 is 0 Å². The number of hydrogen-bond acceptors (Lipinski definition) is 4. The van der Waals surface area contributed by atoms with E-state index in [1.807, 2.05) is 13.8 Å². The van der Waals surface area contributed by atoms with Crippen molar-refractivity contribution in [1.82, 2.24) is 10.0 Å². The Kier molecular flexibility index (Phi) is 4.84. The molecule has 1 fully saturated rings. The van der Waals surface area contributed by atoms with Gasteiger partial charge in [0.05, 0.1) is 12.2 Å². The molecule has 0 aromatic heterocycles. The zero-order valence-corrected chi connectivity index (χ0v) is 13.0. The number of nitrogens with one attached hydrogen (secondary N) is 3. The van der Waals surface area contributed by atoms with Crippen molar-refractivity contribution in [3.63, 3.8) is 0 Å². The van der Waals surface area contributed by atoms with Crippen LogP contribution in [0.25, 0.3) is 0 Å². The summed E-state index contributed by atoms with van der Waals surface area (Å²) in [7, 11) is -3.54. The SMILES string of the molecule is CC(C)NC(=O)CNc1ccccc1S(=O)(=O)NC1CC1. The minimum absolute atomic E-state index is 0.0359. The summed E-state index contributed by atoms with van der Waals surface area (Å²) in [5, 5.41) is 5.63. The second-order valence-electron chi connectivity index (χ2n) is 5.47. The van der Waals surface area contributed by atoms with Gasteiger partial charge in [0.1, 0.15) is 4.90 Å². The molecule has 0 spiro atoms. The summed E-state index contributed by atoms with van der Waals surface area (Å²) in [4.78, 5) is 11.8. The Morgan fingerprint density at radius 1 is 1.29 bits per heavy atom. The maximum absolute atomic E-state index is 12.3. The average molecular weight is 311 g/mol. The Hall–Kier alpha value is -1.60. The van der Waals surface area contributed by atoms with E-state index in [1.165, 1.54) is 6.07 Å². The molecule has 0 saturated heterocycles. The lowest BCUT2D eigenvalue weighted by Gasteiger charge is -2.14. The van der Waals surface area contributed by atoms with Gasteiger partial charge in [-0.3, -0.25) is 4.79 Å². The maximum Gasteiger partial charge on any atom is 0.242 e. The Morgan fingerprint density at radius 2 is 1.95 bits per heavy atom. The van der Waals surface area contributed by atoms with Crippen LogP contribution in [0.1, 0.15) is 26.7 Å². The van der Waals surface area contributed by atoms with Crippen LogP contribution >= 0.6 is 0 Å². The first-order valence-electron chi connectivity index (χ1n) is 7.03. The van der Waals surface area contributed by atoms with Crippen LogP contribution in [-0.4, -0.2) is 33.0 Å². The van der Waals surface area contributed by atoms with Crippen LogP contribution in [-0.2, 0) is 14.8 Å². The van der Waals surface area contributed by atoms with E-state index in [2.05, 4.69) is 15.4 Å². The first kappa shape index (κ1) is 15.8. The summed E-state index contributed by atoms with van der Waals surface area (Å²) >= 11 is 0. The molecule has 1 saturated carbocycles. The van der Waals surface area contributed by atoms with Crippen LogP contribution in [0.3, 0.4) is 0 Å². The van der Waals surface area contributed by atoms with Gasteiger partial charge in [-0.05, 0) is 38.8 Å². The van der Waals surface area contributed by atoms with Crippen molar-refractivity contribution >= 4 is 21.6 Å². The maximum atomic E-state index is 12.3. The van der Waals surface area contributed by atoms with E-state index < -0.39 is 10.0 Å². The van der Waals surface area contributed by atoms with Crippen LogP contribution in [0.15, 0.2) is 29.2 Å². The summed E-state index contributed by atoms with van der Waals surface area (Å²) in [6, 6.07) is 6.69. The van der Waals surface area contributed by atoms with Gasteiger partial charge in [0.2, 0.25) is 15.9 Å². The van der Waals surface area contributed by atoms with Gasteiger partial charge in [0.25, 0.3) is 0 Å². The van der Waals surface area contributed by atoms with E-state index in [0.29, 0.717) is 5.69 Å². The highest BCUT2D eigenvalue weighted by Gasteiger charge is 2.29. The van der Waals surface area contributed by atoms with E-state index in [4.69, 9.17) is 0 Å². The van der Waals surface area contributed by atoms with Crippen LogP contribution in [0.5, 0.6) is 0 Å². The zero-order valence-electron chi connectivity index (χ0n) is 12.2. The van der Waals surface area contributed by atoms with Gasteiger partial charge in [-0.25, -0.2) is 13.1 Å². The highest BCUT2D eigenvalue weighted by molar-refractivity contribution is 7.89. The van der Waals surface area contributed by atoms with Crippen molar-refractivity contribution in [2.24, 2.45) is 0 Å². The molecule has 0 radical (unpaired) electrons. The molecule has 7 heteroatoms. The normalized spacial score (nSPS) is 15.0. The number of benzene rings is 1. The van der Waals surface area contributed by atoms with Crippen LogP contribution in [0.2, 0.25) is 0 Å². The van der Waals surface area contributed by atoms with Gasteiger partial charge >= 0.3 is 0 Å². The molecule has 1 aliphatic rings. The number of anilines is 1. The number of rotatable bonds is 7. The standard InChI is InChI=1S/C14H21N3O3S/c1-10(2)16-14(18)9-15-12-5-3-4-6-13(12)21(19,20)17-11-7-8-11/h3-6,10-11,15,17H,7-9H2,1-2H3,(H,16,18).